The van der Waals surface area contributed by atoms with Gasteiger partial charge in [-0.1, -0.05) is 0 Å². The van der Waals surface area contributed by atoms with Crippen molar-refractivity contribution in [3.05, 3.63) is 29.3 Å². The van der Waals surface area contributed by atoms with Gasteiger partial charge in [0, 0.05) is 37.9 Å². The van der Waals surface area contributed by atoms with Gasteiger partial charge in [-0.2, -0.15) is 23.7 Å². The van der Waals surface area contributed by atoms with Crippen molar-refractivity contribution >= 4 is 11.6 Å². The molecular weight excluding hydrogens is 419 g/mol. The quantitative estimate of drug-likeness (QED) is 0.719. The fourth-order valence-corrected chi connectivity index (χ4v) is 4.56. The van der Waals surface area contributed by atoms with E-state index >= 15 is 0 Å². The molecule has 0 unspecified atom stereocenters. The normalized spacial score (nSPS) is 22.1. The van der Waals surface area contributed by atoms with Crippen LogP contribution in [0.2, 0.25) is 0 Å². The van der Waals surface area contributed by atoms with Crippen molar-refractivity contribution in [2.24, 2.45) is 5.92 Å². The number of nitriles is 2. The van der Waals surface area contributed by atoms with Gasteiger partial charge in [0.25, 0.3) is 0 Å². The number of hydrogen-bond donors (Lipinski definition) is 1. The second-order valence-corrected chi connectivity index (χ2v) is 8.62. The molecule has 1 amide bonds. The Morgan fingerprint density at radius 2 is 1.75 bits per heavy atom. The van der Waals surface area contributed by atoms with E-state index in [0.717, 1.165) is 63.9 Å². The number of carbonyl (C=O) groups excluding carboxylic acids is 1. The van der Waals surface area contributed by atoms with Crippen LogP contribution in [0.25, 0.3) is 0 Å². The Hall–Kier alpha value is -2.78. The zero-order valence-electron chi connectivity index (χ0n) is 18.0. The number of rotatable bonds is 6. The highest BCUT2D eigenvalue weighted by Crippen LogP contribution is 2.33. The van der Waals surface area contributed by atoms with Crippen LogP contribution in [0.3, 0.4) is 0 Å². The number of anilines is 1. The van der Waals surface area contributed by atoms with Crippen LogP contribution in [-0.2, 0) is 11.0 Å². The molecular formula is C23H28F3N5O. The number of hydrogen-bond acceptors (Lipinski definition) is 5. The van der Waals surface area contributed by atoms with Crippen LogP contribution in [0.1, 0.15) is 49.7 Å². The molecule has 3 rings (SSSR count). The van der Waals surface area contributed by atoms with E-state index in [0.29, 0.717) is 24.7 Å². The molecule has 1 saturated carbocycles. The Kier molecular flexibility index (Phi) is 7.98. The number of nitrogens with zero attached hydrogens (tertiary/aromatic N) is 4. The highest BCUT2D eigenvalue weighted by Gasteiger charge is 2.32. The molecule has 0 bridgehead atoms. The summed E-state index contributed by atoms with van der Waals surface area (Å²) < 4.78 is 39.4. The third kappa shape index (κ3) is 6.61. The number of alkyl halides is 3. The number of amides is 1. The molecule has 1 aromatic rings. The molecule has 1 aliphatic carbocycles. The zero-order valence-corrected chi connectivity index (χ0v) is 18.0. The molecule has 1 aliphatic heterocycles. The number of benzene rings is 1. The molecule has 32 heavy (non-hydrogen) atoms. The van der Waals surface area contributed by atoms with Crippen molar-refractivity contribution in [1.29, 1.82) is 10.5 Å². The van der Waals surface area contributed by atoms with E-state index in [1.54, 1.807) is 0 Å². The summed E-state index contributed by atoms with van der Waals surface area (Å²) in [6.45, 7) is 3.76. The van der Waals surface area contributed by atoms with Gasteiger partial charge in [-0.05, 0) is 62.8 Å². The van der Waals surface area contributed by atoms with E-state index < -0.39 is 11.7 Å². The molecule has 1 heterocycles. The van der Waals surface area contributed by atoms with Gasteiger partial charge in [0.05, 0.1) is 23.3 Å². The van der Waals surface area contributed by atoms with Gasteiger partial charge in [-0.25, -0.2) is 0 Å². The van der Waals surface area contributed by atoms with Gasteiger partial charge >= 0.3 is 6.18 Å². The summed E-state index contributed by atoms with van der Waals surface area (Å²) in [5.41, 5.74) is -0.308. The van der Waals surface area contributed by atoms with Crippen molar-refractivity contribution in [2.75, 3.05) is 37.6 Å². The molecule has 6 nitrogen and oxygen atoms in total. The summed E-state index contributed by atoms with van der Waals surface area (Å²) in [5, 5.41) is 20.6. The molecule has 1 saturated heterocycles. The first-order chi connectivity index (χ1) is 15.3. The minimum Gasteiger partial charge on any atom is -0.369 e. The Morgan fingerprint density at radius 3 is 2.34 bits per heavy atom. The smallest absolute Gasteiger partial charge is 0.369 e. The van der Waals surface area contributed by atoms with Crippen molar-refractivity contribution < 1.29 is 18.0 Å². The van der Waals surface area contributed by atoms with E-state index in [4.69, 9.17) is 10.5 Å². The highest BCUT2D eigenvalue weighted by atomic mass is 19.4. The Morgan fingerprint density at radius 1 is 1.06 bits per heavy atom. The Labute approximate surface area is 186 Å². The van der Waals surface area contributed by atoms with Crippen LogP contribution in [0.5, 0.6) is 0 Å². The minimum absolute atomic E-state index is 0.0247. The molecule has 172 valence electrons. The monoisotopic (exact) mass is 447 g/mol. The fourth-order valence-electron chi connectivity index (χ4n) is 4.56. The molecule has 0 atom stereocenters. The average Bonchev–Trinajstić information content (AvgIpc) is 2.78. The second-order valence-electron chi connectivity index (χ2n) is 8.62. The van der Waals surface area contributed by atoms with Crippen LogP contribution >= 0.6 is 0 Å². The van der Waals surface area contributed by atoms with Crippen LogP contribution in [0, 0.1) is 28.6 Å². The maximum atomic E-state index is 13.1. The summed E-state index contributed by atoms with van der Waals surface area (Å²) in [7, 11) is 0. The molecule has 2 fully saturated rings. The van der Waals surface area contributed by atoms with E-state index in [1.165, 1.54) is 6.07 Å². The van der Waals surface area contributed by atoms with Crippen LogP contribution in [0.15, 0.2) is 18.2 Å². The van der Waals surface area contributed by atoms with Crippen molar-refractivity contribution in [1.82, 2.24) is 10.2 Å². The number of piperazine rings is 1. The molecule has 0 radical (unpaired) electrons. The van der Waals surface area contributed by atoms with Gasteiger partial charge in [0.15, 0.2) is 0 Å². The lowest BCUT2D eigenvalue weighted by Gasteiger charge is -2.37. The lowest BCUT2D eigenvalue weighted by Crippen LogP contribution is -2.47. The van der Waals surface area contributed by atoms with Crippen LogP contribution in [-0.4, -0.2) is 49.6 Å². The fraction of sp³-hybridized carbons (Fsp3) is 0.609. The first kappa shape index (κ1) is 23.9. The lowest BCUT2D eigenvalue weighted by atomic mass is 9.84. The van der Waals surface area contributed by atoms with E-state index in [9.17, 15) is 18.0 Å². The first-order valence-corrected chi connectivity index (χ1v) is 11.0. The van der Waals surface area contributed by atoms with Gasteiger partial charge in [-0.15, -0.1) is 0 Å². The van der Waals surface area contributed by atoms with Crippen molar-refractivity contribution in [3.8, 4) is 12.1 Å². The highest BCUT2D eigenvalue weighted by molar-refractivity contribution is 5.78. The first-order valence-electron chi connectivity index (χ1n) is 11.0. The SMILES string of the molecule is N#CCC(=O)N[C@H]1CC[C@H](CCN2CCN(c3cc(C#N)cc(C(F)(F)F)c3)CC2)CC1. The topological polar surface area (TPSA) is 83.2 Å². The molecule has 2 aliphatic rings. The standard InChI is InChI=1S/C23H28F3N5O/c24-23(25,26)19-13-18(16-28)14-21(15-19)31-11-9-30(10-12-31)8-6-17-1-3-20(4-2-17)29-22(32)5-7-27/h13-15,17,20H,1-6,8-12H2,(H,29,32)/t17-,20-. The molecule has 1 N–H and O–H groups in total. The van der Waals surface area contributed by atoms with Gasteiger partial charge in [0.1, 0.15) is 6.42 Å². The zero-order chi connectivity index (χ0) is 23.1. The van der Waals surface area contributed by atoms with Crippen LogP contribution < -0.4 is 10.2 Å². The predicted molar refractivity (Wildman–Crippen MR) is 114 cm³/mol. The third-order valence-corrected chi connectivity index (χ3v) is 6.42. The summed E-state index contributed by atoms with van der Waals surface area (Å²) in [4.78, 5) is 15.8. The van der Waals surface area contributed by atoms with E-state index in [2.05, 4.69) is 10.2 Å². The maximum Gasteiger partial charge on any atom is 0.416 e. The predicted octanol–water partition coefficient (Wildman–Crippen LogP) is 3.68. The lowest BCUT2D eigenvalue weighted by molar-refractivity contribution is -0.137. The van der Waals surface area contributed by atoms with Crippen LogP contribution in [0.4, 0.5) is 18.9 Å². The second kappa shape index (κ2) is 10.7. The summed E-state index contributed by atoms with van der Waals surface area (Å²) in [5.74, 6) is 0.412. The number of nitrogens with one attached hydrogen (secondary N) is 1. The van der Waals surface area contributed by atoms with Gasteiger partial charge < -0.3 is 10.2 Å². The van der Waals surface area contributed by atoms with Crippen molar-refractivity contribution in [3.63, 3.8) is 0 Å². The van der Waals surface area contributed by atoms with E-state index in [1.807, 2.05) is 17.0 Å². The average molecular weight is 448 g/mol. The van der Waals surface area contributed by atoms with Crippen molar-refractivity contribution in [2.45, 2.75) is 50.7 Å². The molecule has 9 heteroatoms. The number of carbonyl (C=O) groups is 1. The molecule has 1 aromatic carbocycles. The maximum absolute atomic E-state index is 13.1. The van der Waals surface area contributed by atoms with E-state index in [-0.39, 0.29) is 23.9 Å². The largest absolute Gasteiger partial charge is 0.416 e. The Bertz CT molecular complexity index is 873. The summed E-state index contributed by atoms with van der Waals surface area (Å²) >= 11 is 0. The van der Waals surface area contributed by atoms with Gasteiger partial charge in [0.2, 0.25) is 5.91 Å². The molecule has 0 spiro atoms. The Balaban J connectivity index is 1.43. The minimum atomic E-state index is -4.47. The third-order valence-electron chi connectivity index (χ3n) is 6.42. The number of halogens is 3. The molecule has 0 aromatic heterocycles. The van der Waals surface area contributed by atoms with Gasteiger partial charge in [-0.3, -0.25) is 9.69 Å². The summed E-state index contributed by atoms with van der Waals surface area (Å²) in [6.07, 6.45) is 0.488. The summed E-state index contributed by atoms with van der Waals surface area (Å²) in [6, 6.07) is 7.41.